The molecule has 0 bridgehead atoms. The van der Waals surface area contributed by atoms with Crippen LogP contribution in [-0.2, 0) is 13.1 Å². The van der Waals surface area contributed by atoms with E-state index in [1.165, 1.54) is 42.6 Å². The average molecular weight is 351 g/mol. The molecule has 1 aliphatic heterocycles. The minimum absolute atomic E-state index is 0.450. The Morgan fingerprint density at radius 1 is 1.12 bits per heavy atom. The Balaban J connectivity index is 1.56. The molecule has 3 rings (SSSR count). The van der Waals surface area contributed by atoms with Gasteiger partial charge in [-0.25, -0.2) is 4.99 Å². The maximum atomic E-state index is 6.03. The summed E-state index contributed by atoms with van der Waals surface area (Å²) in [6.45, 7) is 8.45. The zero-order valence-electron chi connectivity index (χ0n) is 15.9. The molecule has 0 amide bonds. The molecule has 1 heterocycles. The van der Waals surface area contributed by atoms with E-state index in [-0.39, 0.29) is 0 Å². The molecule has 0 radical (unpaired) electrons. The summed E-state index contributed by atoms with van der Waals surface area (Å²) in [5.74, 6) is 1.32. The van der Waals surface area contributed by atoms with Crippen molar-refractivity contribution in [1.29, 1.82) is 0 Å². The Morgan fingerprint density at radius 2 is 1.85 bits per heavy atom. The Hall–Kier alpha value is -2.33. The maximum absolute atomic E-state index is 6.03. The van der Waals surface area contributed by atoms with E-state index in [1.807, 2.05) is 12.1 Å². The Labute approximate surface area is 157 Å². The summed E-state index contributed by atoms with van der Waals surface area (Å²) in [5.41, 5.74) is 10.8. The van der Waals surface area contributed by atoms with E-state index < -0.39 is 0 Å². The van der Waals surface area contributed by atoms with Crippen molar-refractivity contribution in [3.05, 3.63) is 65.2 Å². The molecule has 1 fully saturated rings. The topological polar surface area (TPSA) is 53.6 Å². The van der Waals surface area contributed by atoms with Crippen LogP contribution in [0.15, 0.2) is 53.5 Å². The number of aliphatic imine (C=N–C) groups is 1. The molecule has 0 atom stereocenters. The molecule has 0 saturated carbocycles. The highest BCUT2D eigenvalue weighted by atomic mass is 15.1. The van der Waals surface area contributed by atoms with Gasteiger partial charge in [-0.1, -0.05) is 43.3 Å². The van der Waals surface area contributed by atoms with E-state index in [0.29, 0.717) is 12.5 Å². The van der Waals surface area contributed by atoms with Crippen molar-refractivity contribution in [2.75, 3.05) is 18.4 Å². The third-order valence-electron chi connectivity index (χ3n) is 5.00. The smallest absolute Gasteiger partial charge is 0.193 e. The molecular formula is C22H30N4. The van der Waals surface area contributed by atoms with Gasteiger partial charge in [0.25, 0.3) is 0 Å². The summed E-state index contributed by atoms with van der Waals surface area (Å²) in [6.07, 6.45) is 2.62. The predicted molar refractivity (Wildman–Crippen MR) is 110 cm³/mol. The summed E-state index contributed by atoms with van der Waals surface area (Å²) in [4.78, 5) is 7.04. The number of guanidine groups is 1. The van der Waals surface area contributed by atoms with Gasteiger partial charge in [0.1, 0.15) is 0 Å². The van der Waals surface area contributed by atoms with Crippen LogP contribution in [0, 0.1) is 12.8 Å². The number of hydrogen-bond donors (Lipinski definition) is 2. The zero-order chi connectivity index (χ0) is 18.4. The molecule has 1 saturated heterocycles. The number of nitrogens with two attached hydrogens (primary N) is 1. The molecule has 4 nitrogen and oxygen atoms in total. The van der Waals surface area contributed by atoms with Crippen LogP contribution < -0.4 is 11.1 Å². The van der Waals surface area contributed by atoms with Gasteiger partial charge in [-0.2, -0.15) is 0 Å². The van der Waals surface area contributed by atoms with E-state index in [0.717, 1.165) is 18.2 Å². The Morgan fingerprint density at radius 3 is 2.62 bits per heavy atom. The van der Waals surface area contributed by atoms with E-state index >= 15 is 0 Å². The minimum Gasteiger partial charge on any atom is -0.370 e. The number of rotatable bonds is 5. The van der Waals surface area contributed by atoms with Gasteiger partial charge in [-0.3, -0.25) is 4.90 Å². The van der Waals surface area contributed by atoms with Crippen LogP contribution in [0.1, 0.15) is 36.5 Å². The number of nitrogens with zero attached hydrogens (tertiary/aromatic N) is 2. The van der Waals surface area contributed by atoms with Crippen molar-refractivity contribution in [2.45, 2.75) is 39.8 Å². The SMILES string of the molecule is Cc1cccc(NC(N)=NCc2cccc(CN3CCC(C)CC3)c2)c1. The molecule has 0 spiro atoms. The lowest BCUT2D eigenvalue weighted by atomic mass is 9.98. The first kappa shape index (κ1) is 18.5. The van der Waals surface area contributed by atoms with Crippen molar-refractivity contribution in [3.8, 4) is 0 Å². The number of aryl methyl sites for hydroxylation is 1. The number of anilines is 1. The maximum Gasteiger partial charge on any atom is 0.193 e. The molecule has 26 heavy (non-hydrogen) atoms. The zero-order valence-corrected chi connectivity index (χ0v) is 15.9. The highest BCUT2D eigenvalue weighted by Crippen LogP contribution is 2.18. The second-order valence-electron chi connectivity index (χ2n) is 7.47. The highest BCUT2D eigenvalue weighted by Gasteiger charge is 2.15. The van der Waals surface area contributed by atoms with Crippen molar-refractivity contribution < 1.29 is 0 Å². The third kappa shape index (κ3) is 5.60. The van der Waals surface area contributed by atoms with Crippen LogP contribution >= 0.6 is 0 Å². The second-order valence-corrected chi connectivity index (χ2v) is 7.47. The summed E-state index contributed by atoms with van der Waals surface area (Å²) in [5, 5.41) is 3.16. The molecule has 138 valence electrons. The number of nitrogens with one attached hydrogen (secondary N) is 1. The van der Waals surface area contributed by atoms with Gasteiger partial charge < -0.3 is 11.1 Å². The molecule has 2 aromatic carbocycles. The summed E-state index contributed by atoms with van der Waals surface area (Å²) >= 11 is 0. The first-order valence-corrected chi connectivity index (χ1v) is 9.52. The largest absolute Gasteiger partial charge is 0.370 e. The molecule has 4 heteroatoms. The van der Waals surface area contributed by atoms with Crippen LogP contribution in [0.3, 0.4) is 0 Å². The summed E-state index contributed by atoms with van der Waals surface area (Å²) in [6, 6.07) is 16.8. The quantitative estimate of drug-likeness (QED) is 0.629. The first-order chi connectivity index (χ1) is 12.6. The van der Waals surface area contributed by atoms with Gasteiger partial charge in [0.15, 0.2) is 5.96 Å². The van der Waals surface area contributed by atoms with Gasteiger partial charge in [0.2, 0.25) is 0 Å². The van der Waals surface area contributed by atoms with Crippen LogP contribution in [0.4, 0.5) is 5.69 Å². The normalized spacial score (nSPS) is 16.6. The van der Waals surface area contributed by atoms with Crippen molar-refractivity contribution >= 4 is 11.6 Å². The lowest BCUT2D eigenvalue weighted by Crippen LogP contribution is -2.32. The van der Waals surface area contributed by atoms with Gasteiger partial charge in [-0.05, 0) is 67.6 Å². The first-order valence-electron chi connectivity index (χ1n) is 9.52. The van der Waals surface area contributed by atoms with Crippen molar-refractivity contribution in [1.82, 2.24) is 4.90 Å². The lowest BCUT2D eigenvalue weighted by Gasteiger charge is -2.30. The monoisotopic (exact) mass is 350 g/mol. The van der Waals surface area contributed by atoms with Crippen molar-refractivity contribution in [3.63, 3.8) is 0 Å². The fourth-order valence-electron chi connectivity index (χ4n) is 3.39. The average Bonchev–Trinajstić information content (AvgIpc) is 2.62. The molecule has 0 aromatic heterocycles. The minimum atomic E-state index is 0.450. The van der Waals surface area contributed by atoms with Gasteiger partial charge in [0, 0.05) is 12.2 Å². The van der Waals surface area contributed by atoms with Gasteiger partial charge in [-0.15, -0.1) is 0 Å². The van der Waals surface area contributed by atoms with E-state index in [1.54, 1.807) is 0 Å². The van der Waals surface area contributed by atoms with E-state index in [2.05, 4.69) is 65.5 Å². The van der Waals surface area contributed by atoms with Crippen molar-refractivity contribution in [2.24, 2.45) is 16.6 Å². The molecule has 2 aromatic rings. The van der Waals surface area contributed by atoms with Crippen LogP contribution in [0.5, 0.6) is 0 Å². The second kappa shape index (κ2) is 8.86. The van der Waals surface area contributed by atoms with E-state index in [9.17, 15) is 0 Å². The standard InChI is InChI=1S/C22H30N4/c1-17-9-11-26(12-10-17)16-20-7-4-6-19(14-20)15-24-22(23)25-21-8-3-5-18(2)13-21/h3-8,13-14,17H,9-12,15-16H2,1-2H3,(H3,23,24,25). The molecule has 1 aliphatic rings. The van der Waals surface area contributed by atoms with E-state index in [4.69, 9.17) is 5.73 Å². The number of piperidine rings is 1. The summed E-state index contributed by atoms with van der Waals surface area (Å²) in [7, 11) is 0. The summed E-state index contributed by atoms with van der Waals surface area (Å²) < 4.78 is 0. The fourth-order valence-corrected chi connectivity index (χ4v) is 3.39. The Bertz CT molecular complexity index is 745. The Kier molecular flexibility index (Phi) is 6.29. The van der Waals surface area contributed by atoms with Gasteiger partial charge >= 0.3 is 0 Å². The van der Waals surface area contributed by atoms with Crippen LogP contribution in [-0.4, -0.2) is 23.9 Å². The third-order valence-corrected chi connectivity index (χ3v) is 5.00. The molecule has 3 N–H and O–H groups in total. The lowest BCUT2D eigenvalue weighted by molar-refractivity contribution is 0.185. The van der Waals surface area contributed by atoms with Crippen LogP contribution in [0.25, 0.3) is 0 Å². The predicted octanol–water partition coefficient (Wildman–Crippen LogP) is 4.15. The van der Waals surface area contributed by atoms with Crippen LogP contribution in [0.2, 0.25) is 0 Å². The fraction of sp³-hybridized carbons (Fsp3) is 0.409. The molecule has 0 aliphatic carbocycles. The molecular weight excluding hydrogens is 320 g/mol. The number of benzene rings is 2. The number of likely N-dealkylation sites (tertiary alicyclic amines) is 1. The molecule has 0 unspecified atom stereocenters. The highest BCUT2D eigenvalue weighted by molar-refractivity contribution is 5.92. The number of hydrogen-bond acceptors (Lipinski definition) is 2. The van der Waals surface area contributed by atoms with Gasteiger partial charge in [0.05, 0.1) is 6.54 Å².